The molecule has 2 nitrogen and oxygen atoms in total. The second-order valence-corrected chi connectivity index (χ2v) is 4.79. The lowest BCUT2D eigenvalue weighted by Gasteiger charge is -2.15. The molecule has 0 bridgehead atoms. The molecule has 0 aliphatic carbocycles. The highest BCUT2D eigenvalue weighted by Gasteiger charge is 2.28. The van der Waals surface area contributed by atoms with Crippen LogP contribution in [-0.2, 0) is 11.3 Å². The SMILES string of the molecule is CC1CC(NCc2ccsc2)C(C)O1. The van der Waals surface area contributed by atoms with Crippen molar-refractivity contribution < 1.29 is 4.74 Å². The van der Waals surface area contributed by atoms with Gasteiger partial charge < -0.3 is 10.1 Å². The van der Waals surface area contributed by atoms with E-state index >= 15 is 0 Å². The molecule has 3 unspecified atom stereocenters. The first-order chi connectivity index (χ1) is 6.75. The van der Waals surface area contributed by atoms with Gasteiger partial charge in [0.2, 0.25) is 0 Å². The molecule has 1 aliphatic rings. The van der Waals surface area contributed by atoms with E-state index in [1.54, 1.807) is 11.3 Å². The summed E-state index contributed by atoms with van der Waals surface area (Å²) >= 11 is 1.75. The Labute approximate surface area is 89.3 Å². The quantitative estimate of drug-likeness (QED) is 0.829. The van der Waals surface area contributed by atoms with E-state index in [9.17, 15) is 0 Å². The van der Waals surface area contributed by atoms with Crippen LogP contribution in [0.15, 0.2) is 16.8 Å². The normalized spacial score (nSPS) is 32.3. The van der Waals surface area contributed by atoms with Crippen LogP contribution in [0.2, 0.25) is 0 Å². The summed E-state index contributed by atoms with van der Waals surface area (Å²) in [5.41, 5.74) is 1.38. The summed E-state index contributed by atoms with van der Waals surface area (Å²) in [6.45, 7) is 5.26. The van der Waals surface area contributed by atoms with Crippen LogP contribution < -0.4 is 5.32 Å². The van der Waals surface area contributed by atoms with Crippen molar-refractivity contribution in [2.45, 2.75) is 45.1 Å². The van der Waals surface area contributed by atoms with Gasteiger partial charge in [-0.15, -0.1) is 0 Å². The Hall–Kier alpha value is -0.380. The van der Waals surface area contributed by atoms with Gasteiger partial charge >= 0.3 is 0 Å². The van der Waals surface area contributed by atoms with Gasteiger partial charge in [-0.25, -0.2) is 0 Å². The Balaban J connectivity index is 1.81. The summed E-state index contributed by atoms with van der Waals surface area (Å²) in [6.07, 6.45) is 1.89. The van der Waals surface area contributed by atoms with Crippen molar-refractivity contribution in [3.63, 3.8) is 0 Å². The average Bonchev–Trinajstić information content (AvgIpc) is 2.72. The minimum atomic E-state index is 0.351. The third kappa shape index (κ3) is 2.35. The van der Waals surface area contributed by atoms with Crippen molar-refractivity contribution in [1.82, 2.24) is 5.32 Å². The highest BCUT2D eigenvalue weighted by atomic mass is 32.1. The second kappa shape index (κ2) is 4.43. The maximum absolute atomic E-state index is 5.68. The third-order valence-corrected chi connectivity index (χ3v) is 3.48. The Morgan fingerprint density at radius 1 is 1.57 bits per heavy atom. The predicted molar refractivity (Wildman–Crippen MR) is 59.6 cm³/mol. The van der Waals surface area contributed by atoms with Gasteiger partial charge in [0, 0.05) is 12.6 Å². The molecule has 1 aromatic rings. The van der Waals surface area contributed by atoms with Gasteiger partial charge in [0.1, 0.15) is 0 Å². The van der Waals surface area contributed by atoms with Crippen molar-refractivity contribution in [3.8, 4) is 0 Å². The Kier molecular flexibility index (Phi) is 3.21. The van der Waals surface area contributed by atoms with E-state index < -0.39 is 0 Å². The molecule has 0 aromatic carbocycles. The molecule has 0 saturated carbocycles. The molecule has 1 fully saturated rings. The van der Waals surface area contributed by atoms with E-state index in [0.717, 1.165) is 13.0 Å². The summed E-state index contributed by atoms with van der Waals surface area (Å²) in [5, 5.41) is 7.86. The minimum Gasteiger partial charge on any atom is -0.374 e. The van der Waals surface area contributed by atoms with E-state index in [1.165, 1.54) is 5.56 Å². The van der Waals surface area contributed by atoms with Crippen molar-refractivity contribution >= 4 is 11.3 Å². The minimum absolute atomic E-state index is 0.351. The molecule has 1 aromatic heterocycles. The molecule has 0 amide bonds. The number of ether oxygens (including phenoxy) is 1. The fourth-order valence-corrected chi connectivity index (χ4v) is 2.63. The Morgan fingerprint density at radius 2 is 2.43 bits per heavy atom. The fraction of sp³-hybridized carbons (Fsp3) is 0.636. The van der Waals surface area contributed by atoms with Gasteiger partial charge in [-0.05, 0) is 42.7 Å². The molecule has 2 heterocycles. The number of thiophene rings is 1. The summed E-state index contributed by atoms with van der Waals surface area (Å²) in [7, 11) is 0. The maximum Gasteiger partial charge on any atom is 0.0704 e. The van der Waals surface area contributed by atoms with E-state index in [-0.39, 0.29) is 0 Å². The molecule has 1 N–H and O–H groups in total. The van der Waals surface area contributed by atoms with Crippen molar-refractivity contribution in [3.05, 3.63) is 22.4 Å². The zero-order chi connectivity index (χ0) is 9.97. The van der Waals surface area contributed by atoms with Gasteiger partial charge in [0.25, 0.3) is 0 Å². The van der Waals surface area contributed by atoms with Crippen LogP contribution >= 0.6 is 11.3 Å². The molecule has 0 spiro atoms. The van der Waals surface area contributed by atoms with Crippen LogP contribution in [0, 0.1) is 0 Å². The largest absolute Gasteiger partial charge is 0.374 e. The number of hydrogen-bond acceptors (Lipinski definition) is 3. The van der Waals surface area contributed by atoms with Gasteiger partial charge in [-0.1, -0.05) is 0 Å². The molecule has 3 atom stereocenters. The lowest BCUT2D eigenvalue weighted by molar-refractivity contribution is 0.0605. The second-order valence-electron chi connectivity index (χ2n) is 4.01. The number of rotatable bonds is 3. The molecule has 14 heavy (non-hydrogen) atoms. The van der Waals surface area contributed by atoms with E-state index in [2.05, 4.69) is 36.0 Å². The van der Waals surface area contributed by atoms with Crippen molar-refractivity contribution in [2.24, 2.45) is 0 Å². The molecule has 3 heteroatoms. The van der Waals surface area contributed by atoms with Crippen LogP contribution in [0.1, 0.15) is 25.8 Å². The first kappa shape index (κ1) is 10.1. The first-order valence-electron chi connectivity index (χ1n) is 5.15. The Bertz CT molecular complexity index is 273. The van der Waals surface area contributed by atoms with Gasteiger partial charge in [0.05, 0.1) is 12.2 Å². The maximum atomic E-state index is 5.68. The molecule has 1 saturated heterocycles. The highest BCUT2D eigenvalue weighted by Crippen LogP contribution is 2.20. The van der Waals surface area contributed by atoms with Crippen molar-refractivity contribution in [1.29, 1.82) is 0 Å². The summed E-state index contributed by atoms with van der Waals surface area (Å²) in [5.74, 6) is 0. The van der Waals surface area contributed by atoms with Crippen LogP contribution in [0.5, 0.6) is 0 Å². The van der Waals surface area contributed by atoms with Crippen LogP contribution in [0.4, 0.5) is 0 Å². The summed E-state index contributed by atoms with van der Waals surface area (Å²) < 4.78 is 5.68. The van der Waals surface area contributed by atoms with Crippen LogP contribution in [0.25, 0.3) is 0 Å². The van der Waals surface area contributed by atoms with Gasteiger partial charge in [-0.3, -0.25) is 0 Å². The summed E-state index contributed by atoms with van der Waals surface area (Å²) in [4.78, 5) is 0. The molecular weight excluding hydrogens is 194 g/mol. The smallest absolute Gasteiger partial charge is 0.0704 e. The summed E-state index contributed by atoms with van der Waals surface area (Å²) in [6, 6.07) is 2.69. The fourth-order valence-electron chi connectivity index (χ4n) is 1.96. The van der Waals surface area contributed by atoms with E-state index in [1.807, 2.05) is 0 Å². The van der Waals surface area contributed by atoms with E-state index in [0.29, 0.717) is 18.2 Å². The first-order valence-corrected chi connectivity index (χ1v) is 6.10. The Morgan fingerprint density at radius 3 is 3.00 bits per heavy atom. The van der Waals surface area contributed by atoms with E-state index in [4.69, 9.17) is 4.74 Å². The topological polar surface area (TPSA) is 21.3 Å². The molecule has 1 aliphatic heterocycles. The zero-order valence-corrected chi connectivity index (χ0v) is 9.51. The zero-order valence-electron chi connectivity index (χ0n) is 8.69. The number of hydrogen-bond donors (Lipinski definition) is 1. The van der Waals surface area contributed by atoms with Crippen LogP contribution in [0.3, 0.4) is 0 Å². The lowest BCUT2D eigenvalue weighted by atomic mass is 10.1. The molecule has 2 rings (SSSR count). The van der Waals surface area contributed by atoms with Crippen LogP contribution in [-0.4, -0.2) is 18.2 Å². The average molecular weight is 211 g/mol. The third-order valence-electron chi connectivity index (χ3n) is 2.75. The monoisotopic (exact) mass is 211 g/mol. The molecule has 0 radical (unpaired) electrons. The highest BCUT2D eigenvalue weighted by molar-refractivity contribution is 7.07. The predicted octanol–water partition coefficient (Wildman–Crippen LogP) is 2.40. The molecule has 78 valence electrons. The standard InChI is InChI=1S/C11H17NOS/c1-8-5-11(9(2)13-8)12-6-10-3-4-14-7-10/h3-4,7-9,11-12H,5-6H2,1-2H3. The van der Waals surface area contributed by atoms with Gasteiger partial charge in [-0.2, -0.15) is 11.3 Å². The van der Waals surface area contributed by atoms with Gasteiger partial charge in [0.15, 0.2) is 0 Å². The lowest BCUT2D eigenvalue weighted by Crippen LogP contribution is -2.34. The molecular formula is C11H17NOS. The van der Waals surface area contributed by atoms with Crippen molar-refractivity contribution in [2.75, 3.05) is 0 Å². The number of nitrogens with one attached hydrogen (secondary N) is 1.